The van der Waals surface area contributed by atoms with Gasteiger partial charge in [-0.25, -0.2) is 0 Å². The van der Waals surface area contributed by atoms with E-state index >= 15 is 0 Å². The van der Waals surface area contributed by atoms with E-state index in [-0.39, 0.29) is 25.2 Å². The SMILES string of the molecule is CCCCC/C=C\C/C=C\C/C=C\C/C=C\CCCCCC(=O)OC[C@H](COC(=O)CCCCCCCCCCCCCC)OCCCCCCCCCCCCCCCCCC. The normalized spacial score (nSPS) is 12.5. The van der Waals surface area contributed by atoms with Gasteiger partial charge in [0.1, 0.15) is 19.3 Å². The Bertz CT molecular complexity index is 1040. The summed E-state index contributed by atoms with van der Waals surface area (Å²) in [5, 5.41) is 0. The molecule has 5 nitrogen and oxygen atoms in total. The lowest BCUT2D eigenvalue weighted by Crippen LogP contribution is -2.29. The second-order valence-electron chi connectivity index (χ2n) is 18.5. The predicted molar refractivity (Wildman–Crippen MR) is 275 cm³/mol. The van der Waals surface area contributed by atoms with Crippen LogP contribution in [0.3, 0.4) is 0 Å². The lowest BCUT2D eigenvalue weighted by molar-refractivity contribution is -0.155. The van der Waals surface area contributed by atoms with Crippen molar-refractivity contribution >= 4 is 11.9 Å². The zero-order chi connectivity index (χ0) is 45.6. The van der Waals surface area contributed by atoms with Crippen LogP contribution >= 0.6 is 0 Å². The number of carbonyl (C=O) groups is 2. The van der Waals surface area contributed by atoms with Gasteiger partial charge in [-0.05, 0) is 64.2 Å². The molecule has 0 unspecified atom stereocenters. The van der Waals surface area contributed by atoms with Gasteiger partial charge < -0.3 is 14.2 Å². The van der Waals surface area contributed by atoms with Crippen molar-refractivity contribution in [2.45, 2.75) is 290 Å². The summed E-state index contributed by atoms with van der Waals surface area (Å²) < 4.78 is 17.5. The smallest absolute Gasteiger partial charge is 0.305 e. The maximum Gasteiger partial charge on any atom is 0.305 e. The third-order valence-electron chi connectivity index (χ3n) is 12.2. The number of ether oxygens (including phenoxy) is 3. The number of carbonyl (C=O) groups excluding carboxylic acids is 2. The molecule has 0 amide bonds. The summed E-state index contributed by atoms with van der Waals surface area (Å²) in [5.74, 6) is -0.356. The Hall–Kier alpha value is -2.14. The Morgan fingerprint density at radius 1 is 0.333 bits per heavy atom. The average molecular weight is 883 g/mol. The van der Waals surface area contributed by atoms with Crippen LogP contribution in [-0.2, 0) is 23.8 Å². The largest absolute Gasteiger partial charge is 0.463 e. The standard InChI is InChI=1S/C58H106O5/c1-4-7-10-13-16-19-22-25-27-29-30-31-32-34-37-40-43-46-49-52-58(60)63-55-56(54-62-57(59)51-48-45-42-39-36-24-21-18-15-12-9-6-3)61-53-50-47-44-41-38-35-33-28-26-23-20-17-14-11-8-5-2/h16,19,25,27,30-31,34,37,56H,4-15,17-18,20-24,26,28-29,32-33,35-36,38-55H2,1-3H3/b19-16-,27-25-,31-30-,37-34-/t56-/m0/s1. The fourth-order valence-corrected chi connectivity index (χ4v) is 7.94. The monoisotopic (exact) mass is 883 g/mol. The number of rotatable bonds is 51. The highest BCUT2D eigenvalue weighted by molar-refractivity contribution is 5.69. The van der Waals surface area contributed by atoms with E-state index in [0.29, 0.717) is 19.4 Å². The van der Waals surface area contributed by atoms with Crippen molar-refractivity contribution in [1.29, 1.82) is 0 Å². The molecule has 0 rings (SSSR count). The minimum absolute atomic E-state index is 0.145. The van der Waals surface area contributed by atoms with Gasteiger partial charge in [-0.1, -0.05) is 256 Å². The van der Waals surface area contributed by atoms with Gasteiger partial charge in [0.15, 0.2) is 0 Å². The van der Waals surface area contributed by atoms with Crippen molar-refractivity contribution in [1.82, 2.24) is 0 Å². The summed E-state index contributed by atoms with van der Waals surface area (Å²) in [7, 11) is 0. The van der Waals surface area contributed by atoms with Crippen LogP contribution in [-0.4, -0.2) is 37.9 Å². The van der Waals surface area contributed by atoms with Gasteiger partial charge in [0.25, 0.3) is 0 Å². The molecular weight excluding hydrogens is 777 g/mol. The summed E-state index contributed by atoms with van der Waals surface area (Å²) in [6, 6.07) is 0. The van der Waals surface area contributed by atoms with E-state index in [9.17, 15) is 9.59 Å². The van der Waals surface area contributed by atoms with Crippen LogP contribution in [0.2, 0.25) is 0 Å². The number of esters is 2. The van der Waals surface area contributed by atoms with E-state index in [2.05, 4.69) is 69.4 Å². The molecule has 0 aliphatic rings. The maximum atomic E-state index is 12.6. The first-order valence-electron chi connectivity index (χ1n) is 27.7. The Labute approximate surface area is 392 Å². The van der Waals surface area contributed by atoms with Gasteiger partial charge in [-0.3, -0.25) is 9.59 Å². The molecule has 0 radical (unpaired) electrons. The van der Waals surface area contributed by atoms with Crippen LogP contribution in [0.4, 0.5) is 0 Å². The molecule has 0 bridgehead atoms. The quantitative estimate of drug-likeness (QED) is 0.0346. The first kappa shape index (κ1) is 60.9. The average Bonchev–Trinajstić information content (AvgIpc) is 3.29. The highest BCUT2D eigenvalue weighted by Crippen LogP contribution is 2.16. The first-order chi connectivity index (χ1) is 31.1. The second-order valence-corrected chi connectivity index (χ2v) is 18.5. The molecule has 0 heterocycles. The summed E-state index contributed by atoms with van der Waals surface area (Å²) in [6.07, 6.45) is 67.1. The van der Waals surface area contributed by atoms with Crippen molar-refractivity contribution in [2.75, 3.05) is 19.8 Å². The molecule has 0 fully saturated rings. The van der Waals surface area contributed by atoms with Crippen molar-refractivity contribution in [3.8, 4) is 0 Å². The van der Waals surface area contributed by atoms with Crippen molar-refractivity contribution in [3.05, 3.63) is 48.6 Å². The highest BCUT2D eigenvalue weighted by Gasteiger charge is 2.16. The topological polar surface area (TPSA) is 61.8 Å². The Balaban J connectivity index is 4.27. The predicted octanol–water partition coefficient (Wildman–Crippen LogP) is 18.7. The van der Waals surface area contributed by atoms with Crippen LogP contribution in [0.25, 0.3) is 0 Å². The molecule has 0 saturated heterocycles. The molecule has 0 aliphatic heterocycles. The molecule has 0 aromatic carbocycles. The van der Waals surface area contributed by atoms with E-state index in [1.165, 1.54) is 180 Å². The van der Waals surface area contributed by atoms with Crippen LogP contribution in [0.1, 0.15) is 284 Å². The van der Waals surface area contributed by atoms with Gasteiger partial charge in [0.2, 0.25) is 0 Å². The molecule has 63 heavy (non-hydrogen) atoms. The lowest BCUT2D eigenvalue weighted by atomic mass is 10.0. The van der Waals surface area contributed by atoms with Crippen molar-refractivity contribution in [2.24, 2.45) is 0 Å². The van der Waals surface area contributed by atoms with E-state index in [1.807, 2.05) is 0 Å². The number of allylic oxidation sites excluding steroid dienone is 8. The lowest BCUT2D eigenvalue weighted by Gasteiger charge is -2.18. The van der Waals surface area contributed by atoms with Crippen molar-refractivity contribution < 1.29 is 23.8 Å². The van der Waals surface area contributed by atoms with E-state index in [4.69, 9.17) is 14.2 Å². The molecule has 5 heteroatoms. The summed E-state index contributed by atoms with van der Waals surface area (Å²) in [4.78, 5) is 25.2. The highest BCUT2D eigenvalue weighted by atomic mass is 16.6. The Morgan fingerprint density at radius 3 is 0.968 bits per heavy atom. The molecule has 1 atom stereocenters. The molecule has 0 aromatic heterocycles. The number of unbranched alkanes of at least 4 members (excludes halogenated alkanes) is 32. The summed E-state index contributed by atoms with van der Waals surface area (Å²) >= 11 is 0. The van der Waals surface area contributed by atoms with Crippen LogP contribution in [0, 0.1) is 0 Å². The third kappa shape index (κ3) is 52.4. The van der Waals surface area contributed by atoms with Gasteiger partial charge in [0.05, 0.1) is 0 Å². The zero-order valence-electron chi connectivity index (χ0n) is 42.4. The summed E-state index contributed by atoms with van der Waals surface area (Å²) in [6.45, 7) is 7.71. The minimum atomic E-state index is -0.409. The van der Waals surface area contributed by atoms with Crippen molar-refractivity contribution in [3.63, 3.8) is 0 Å². The molecule has 0 saturated carbocycles. The fourth-order valence-electron chi connectivity index (χ4n) is 7.94. The van der Waals surface area contributed by atoms with Crippen LogP contribution in [0.5, 0.6) is 0 Å². The molecule has 368 valence electrons. The number of hydrogen-bond acceptors (Lipinski definition) is 5. The Kier molecular flexibility index (Phi) is 52.4. The molecule has 0 spiro atoms. The maximum absolute atomic E-state index is 12.6. The van der Waals surface area contributed by atoms with Crippen LogP contribution in [0.15, 0.2) is 48.6 Å². The van der Waals surface area contributed by atoms with Gasteiger partial charge in [0, 0.05) is 19.4 Å². The van der Waals surface area contributed by atoms with E-state index in [0.717, 1.165) is 70.6 Å². The zero-order valence-corrected chi connectivity index (χ0v) is 42.4. The number of hydrogen-bond donors (Lipinski definition) is 0. The second kappa shape index (κ2) is 54.2. The van der Waals surface area contributed by atoms with E-state index < -0.39 is 6.10 Å². The Morgan fingerprint density at radius 2 is 0.603 bits per heavy atom. The van der Waals surface area contributed by atoms with E-state index in [1.54, 1.807) is 0 Å². The van der Waals surface area contributed by atoms with Gasteiger partial charge >= 0.3 is 11.9 Å². The van der Waals surface area contributed by atoms with Gasteiger partial charge in [-0.2, -0.15) is 0 Å². The molecule has 0 aliphatic carbocycles. The van der Waals surface area contributed by atoms with Gasteiger partial charge in [-0.15, -0.1) is 0 Å². The van der Waals surface area contributed by atoms with Crippen LogP contribution < -0.4 is 0 Å². The molecule has 0 aromatic rings. The third-order valence-corrected chi connectivity index (χ3v) is 12.2. The first-order valence-corrected chi connectivity index (χ1v) is 27.7. The molecule has 0 N–H and O–H groups in total. The summed E-state index contributed by atoms with van der Waals surface area (Å²) in [5.41, 5.74) is 0. The fraction of sp³-hybridized carbons (Fsp3) is 0.828. The minimum Gasteiger partial charge on any atom is -0.463 e. The molecular formula is C58H106O5.